The number of rotatable bonds is 7. The van der Waals surface area contributed by atoms with E-state index in [0.717, 1.165) is 80.9 Å². The van der Waals surface area contributed by atoms with Crippen molar-refractivity contribution in [2.24, 2.45) is 0 Å². The molecule has 2 saturated heterocycles. The minimum absolute atomic E-state index is 0.0916. The predicted molar refractivity (Wildman–Crippen MR) is 143 cm³/mol. The van der Waals surface area contributed by atoms with Gasteiger partial charge in [-0.05, 0) is 36.4 Å². The van der Waals surface area contributed by atoms with Crippen molar-refractivity contribution in [3.05, 3.63) is 59.2 Å². The number of ether oxygens (including phenoxy) is 2. The number of morpholine rings is 2. The Morgan fingerprint density at radius 3 is 2.19 bits per heavy atom. The Kier molecular flexibility index (Phi) is 7.72. The number of benzene rings is 2. The van der Waals surface area contributed by atoms with Crippen LogP contribution in [0.15, 0.2) is 48.7 Å². The Morgan fingerprint density at radius 1 is 0.944 bits per heavy atom. The molecule has 0 spiro atoms. The topological polar surface area (TPSA) is 86.2 Å². The minimum Gasteiger partial charge on any atom is -0.392 e. The van der Waals surface area contributed by atoms with Gasteiger partial charge in [0.2, 0.25) is 5.95 Å². The summed E-state index contributed by atoms with van der Waals surface area (Å²) in [6.45, 7) is 6.23. The molecule has 0 bridgehead atoms. The van der Waals surface area contributed by atoms with E-state index in [1.54, 1.807) is 12.3 Å². The number of aliphatic hydroxyl groups excluding tert-OH is 1. The van der Waals surface area contributed by atoms with E-state index in [0.29, 0.717) is 16.8 Å². The highest BCUT2D eigenvalue weighted by molar-refractivity contribution is 6.30. The number of aliphatic hydroxyl groups is 1. The summed E-state index contributed by atoms with van der Waals surface area (Å²) in [5.74, 6) is 1.17. The van der Waals surface area contributed by atoms with E-state index in [1.807, 2.05) is 30.1 Å². The fraction of sp³-hybridized carbons (Fsp3) is 0.385. The molecule has 3 aromatic rings. The van der Waals surface area contributed by atoms with Crippen molar-refractivity contribution in [2.75, 3.05) is 79.7 Å². The SMILES string of the molecule is CN(c1ccnc(Nc2cc(N3CCOCC3)cc(N3CCOCC3)c2)n1)c1cc(Cl)ccc1CO. The second-order valence-electron chi connectivity index (χ2n) is 8.79. The van der Waals surface area contributed by atoms with Gasteiger partial charge in [0.15, 0.2) is 0 Å². The molecule has 2 aromatic carbocycles. The normalized spacial score (nSPS) is 16.2. The number of nitrogens with zero attached hydrogens (tertiary/aromatic N) is 5. The lowest BCUT2D eigenvalue weighted by Gasteiger charge is -2.33. The monoisotopic (exact) mass is 510 g/mol. The van der Waals surface area contributed by atoms with Crippen LogP contribution < -0.4 is 20.0 Å². The second kappa shape index (κ2) is 11.3. The first-order valence-corrected chi connectivity index (χ1v) is 12.5. The maximum absolute atomic E-state index is 9.78. The molecule has 9 nitrogen and oxygen atoms in total. The summed E-state index contributed by atoms with van der Waals surface area (Å²) in [5.41, 5.74) is 4.76. The van der Waals surface area contributed by atoms with Gasteiger partial charge in [0.1, 0.15) is 5.82 Å². The highest BCUT2D eigenvalue weighted by Gasteiger charge is 2.18. The first-order valence-electron chi connectivity index (χ1n) is 12.1. The number of anilines is 6. The first-order chi connectivity index (χ1) is 17.6. The lowest BCUT2D eigenvalue weighted by Crippen LogP contribution is -2.38. The molecular weight excluding hydrogens is 480 g/mol. The first kappa shape index (κ1) is 24.6. The molecule has 2 aliphatic rings. The van der Waals surface area contributed by atoms with Gasteiger partial charge < -0.3 is 34.6 Å². The molecule has 0 saturated carbocycles. The Bertz CT molecular complexity index is 1150. The van der Waals surface area contributed by atoms with Gasteiger partial charge in [-0.2, -0.15) is 4.98 Å². The summed E-state index contributed by atoms with van der Waals surface area (Å²) < 4.78 is 11.1. The summed E-state index contributed by atoms with van der Waals surface area (Å²) in [4.78, 5) is 15.8. The fourth-order valence-electron chi connectivity index (χ4n) is 4.51. The zero-order valence-corrected chi connectivity index (χ0v) is 21.1. The van der Waals surface area contributed by atoms with Gasteiger partial charge >= 0.3 is 0 Å². The number of nitrogens with one attached hydrogen (secondary N) is 1. The van der Waals surface area contributed by atoms with Gasteiger partial charge in [0.05, 0.1) is 33.0 Å². The molecule has 5 rings (SSSR count). The van der Waals surface area contributed by atoms with Crippen molar-refractivity contribution in [1.82, 2.24) is 9.97 Å². The third-order valence-corrected chi connectivity index (χ3v) is 6.71. The van der Waals surface area contributed by atoms with Crippen LogP contribution in [-0.2, 0) is 16.1 Å². The van der Waals surface area contributed by atoms with E-state index in [4.69, 9.17) is 26.1 Å². The zero-order chi connectivity index (χ0) is 24.9. The second-order valence-corrected chi connectivity index (χ2v) is 9.23. The van der Waals surface area contributed by atoms with E-state index < -0.39 is 0 Å². The number of hydrogen-bond donors (Lipinski definition) is 2. The van der Waals surface area contributed by atoms with Crippen LogP contribution in [0.3, 0.4) is 0 Å². The van der Waals surface area contributed by atoms with Crippen LogP contribution in [0.2, 0.25) is 5.02 Å². The van der Waals surface area contributed by atoms with Gasteiger partial charge in [0, 0.05) is 72.8 Å². The zero-order valence-electron chi connectivity index (χ0n) is 20.4. The van der Waals surface area contributed by atoms with Crippen molar-refractivity contribution in [3.63, 3.8) is 0 Å². The highest BCUT2D eigenvalue weighted by atomic mass is 35.5. The van der Waals surface area contributed by atoms with Gasteiger partial charge in [-0.15, -0.1) is 0 Å². The lowest BCUT2D eigenvalue weighted by atomic mass is 10.1. The van der Waals surface area contributed by atoms with E-state index in [1.165, 1.54) is 0 Å². The van der Waals surface area contributed by atoms with Crippen molar-refractivity contribution >= 4 is 46.1 Å². The van der Waals surface area contributed by atoms with Crippen molar-refractivity contribution in [1.29, 1.82) is 0 Å². The molecule has 190 valence electrons. The molecule has 0 radical (unpaired) electrons. The van der Waals surface area contributed by atoms with Crippen LogP contribution in [0, 0.1) is 0 Å². The fourth-order valence-corrected chi connectivity index (χ4v) is 4.67. The molecule has 0 atom stereocenters. The van der Waals surface area contributed by atoms with Crippen molar-refractivity contribution in [3.8, 4) is 0 Å². The average Bonchev–Trinajstić information content (AvgIpc) is 2.93. The molecule has 2 fully saturated rings. The molecule has 1 aromatic heterocycles. The molecule has 0 unspecified atom stereocenters. The van der Waals surface area contributed by atoms with Gasteiger partial charge in [-0.25, -0.2) is 4.98 Å². The maximum Gasteiger partial charge on any atom is 0.229 e. The molecule has 10 heteroatoms. The Balaban J connectivity index is 1.43. The van der Waals surface area contributed by atoms with Crippen molar-refractivity contribution < 1.29 is 14.6 Å². The van der Waals surface area contributed by atoms with Crippen LogP contribution in [0.5, 0.6) is 0 Å². The summed E-state index contributed by atoms with van der Waals surface area (Å²) in [6, 6.07) is 13.7. The van der Waals surface area contributed by atoms with Crippen LogP contribution in [0.1, 0.15) is 5.56 Å². The Hall–Kier alpha value is -3.11. The summed E-state index contributed by atoms with van der Waals surface area (Å²) >= 11 is 6.22. The maximum atomic E-state index is 9.78. The number of aromatic nitrogens is 2. The standard InChI is InChI=1S/C26H31ClN6O3/c1-31(24-14-20(27)3-2-19(24)18-34)25-4-5-28-26(30-25)29-21-15-22(32-6-10-35-11-7-32)17-23(16-21)33-8-12-36-13-9-33/h2-5,14-17,34H,6-13,18H2,1H3,(H,28,29,30). The Morgan fingerprint density at radius 2 is 1.58 bits per heavy atom. The van der Waals surface area contributed by atoms with Crippen LogP contribution in [0.4, 0.5) is 34.5 Å². The van der Waals surface area contributed by atoms with E-state index in [-0.39, 0.29) is 6.61 Å². The average molecular weight is 511 g/mol. The summed E-state index contributed by atoms with van der Waals surface area (Å²) in [6.07, 6.45) is 1.72. The lowest BCUT2D eigenvalue weighted by molar-refractivity contribution is 0.122. The van der Waals surface area contributed by atoms with E-state index in [2.05, 4.69) is 38.3 Å². The molecular formula is C26H31ClN6O3. The number of hydrogen-bond acceptors (Lipinski definition) is 9. The number of halogens is 1. The molecule has 0 aliphatic carbocycles. The minimum atomic E-state index is -0.0916. The van der Waals surface area contributed by atoms with Gasteiger partial charge in [-0.3, -0.25) is 0 Å². The smallest absolute Gasteiger partial charge is 0.229 e. The molecule has 2 aliphatic heterocycles. The van der Waals surface area contributed by atoms with E-state index >= 15 is 0 Å². The van der Waals surface area contributed by atoms with Crippen LogP contribution in [-0.4, -0.2) is 74.7 Å². The highest BCUT2D eigenvalue weighted by Crippen LogP contribution is 2.32. The predicted octanol–water partition coefficient (Wildman–Crippen LogP) is 3.81. The third-order valence-electron chi connectivity index (χ3n) is 6.47. The van der Waals surface area contributed by atoms with Gasteiger partial charge in [-0.1, -0.05) is 17.7 Å². The molecule has 3 heterocycles. The largest absolute Gasteiger partial charge is 0.392 e. The third kappa shape index (κ3) is 5.65. The Labute approximate surface area is 216 Å². The molecule has 0 amide bonds. The molecule has 2 N–H and O–H groups in total. The van der Waals surface area contributed by atoms with E-state index in [9.17, 15) is 5.11 Å². The quantitative estimate of drug-likeness (QED) is 0.492. The van der Waals surface area contributed by atoms with Crippen LogP contribution >= 0.6 is 11.6 Å². The summed E-state index contributed by atoms with van der Waals surface area (Å²) in [5, 5.41) is 13.8. The van der Waals surface area contributed by atoms with Crippen molar-refractivity contribution in [2.45, 2.75) is 6.61 Å². The van der Waals surface area contributed by atoms with Crippen LogP contribution in [0.25, 0.3) is 0 Å². The van der Waals surface area contributed by atoms with Gasteiger partial charge in [0.25, 0.3) is 0 Å². The molecule has 36 heavy (non-hydrogen) atoms. The summed E-state index contributed by atoms with van der Waals surface area (Å²) in [7, 11) is 1.90.